The van der Waals surface area contributed by atoms with Gasteiger partial charge in [0, 0.05) is 29.9 Å². The highest BCUT2D eigenvalue weighted by molar-refractivity contribution is 6.04. The number of nitrogens with one attached hydrogen (secondary N) is 1. The zero-order valence-electron chi connectivity index (χ0n) is 17.0. The molecule has 1 aliphatic rings. The molecule has 2 heterocycles. The fourth-order valence-corrected chi connectivity index (χ4v) is 3.84. The summed E-state index contributed by atoms with van der Waals surface area (Å²) in [7, 11) is 0. The van der Waals surface area contributed by atoms with Gasteiger partial charge in [0.25, 0.3) is 5.91 Å². The fraction of sp³-hybridized carbons (Fsp3) is 0.292. The molecule has 1 aromatic heterocycles. The van der Waals surface area contributed by atoms with Crippen LogP contribution in [-0.2, 0) is 0 Å². The van der Waals surface area contributed by atoms with Crippen LogP contribution in [0, 0.1) is 13.8 Å². The first-order valence-corrected chi connectivity index (χ1v) is 10.2. The first-order chi connectivity index (χ1) is 14.1. The Hall–Kier alpha value is -3.21. The van der Waals surface area contributed by atoms with Crippen molar-refractivity contribution in [3.63, 3.8) is 0 Å². The molecule has 4 rings (SSSR count). The second kappa shape index (κ2) is 8.43. The lowest BCUT2D eigenvalue weighted by Crippen LogP contribution is -2.30. The van der Waals surface area contributed by atoms with Crippen molar-refractivity contribution in [2.24, 2.45) is 0 Å². The number of piperidine rings is 1. The first-order valence-electron chi connectivity index (χ1n) is 10.2. The number of carbonyl (C=O) groups excluding carboxylic acids is 1. The van der Waals surface area contributed by atoms with Crippen molar-refractivity contribution in [2.75, 3.05) is 23.3 Å². The highest BCUT2D eigenvalue weighted by atomic mass is 16.1. The Morgan fingerprint density at radius 3 is 2.34 bits per heavy atom. The predicted molar refractivity (Wildman–Crippen MR) is 117 cm³/mol. The van der Waals surface area contributed by atoms with Crippen LogP contribution in [0.25, 0.3) is 11.3 Å². The number of aryl methyl sites for hydroxylation is 2. The second-order valence-electron chi connectivity index (χ2n) is 7.74. The van der Waals surface area contributed by atoms with Gasteiger partial charge in [-0.15, -0.1) is 10.2 Å². The van der Waals surface area contributed by atoms with Crippen LogP contribution in [-0.4, -0.2) is 29.2 Å². The summed E-state index contributed by atoms with van der Waals surface area (Å²) in [4.78, 5) is 14.9. The van der Waals surface area contributed by atoms with E-state index in [0.717, 1.165) is 47.0 Å². The molecule has 0 atom stereocenters. The van der Waals surface area contributed by atoms with Crippen molar-refractivity contribution in [2.45, 2.75) is 33.1 Å². The van der Waals surface area contributed by atoms with Crippen LogP contribution in [0.1, 0.15) is 40.7 Å². The van der Waals surface area contributed by atoms with E-state index in [0.29, 0.717) is 5.56 Å². The topological polar surface area (TPSA) is 58.1 Å². The van der Waals surface area contributed by atoms with Gasteiger partial charge in [-0.05, 0) is 69.5 Å². The Morgan fingerprint density at radius 2 is 1.66 bits per heavy atom. The van der Waals surface area contributed by atoms with Crippen molar-refractivity contribution in [3.05, 3.63) is 71.3 Å². The molecule has 1 amide bonds. The molecule has 1 aliphatic heterocycles. The highest BCUT2D eigenvalue weighted by Gasteiger charge is 2.13. The number of rotatable bonds is 4. The molecule has 0 bridgehead atoms. The first kappa shape index (κ1) is 19.1. The van der Waals surface area contributed by atoms with Gasteiger partial charge in [0.05, 0.1) is 5.69 Å². The molecular formula is C24H26N4O. The highest BCUT2D eigenvalue weighted by Crippen LogP contribution is 2.23. The number of amides is 1. The maximum absolute atomic E-state index is 12.6. The molecule has 1 fully saturated rings. The minimum Gasteiger partial charge on any atom is -0.355 e. The molecule has 1 N–H and O–H groups in total. The van der Waals surface area contributed by atoms with E-state index in [1.807, 2.05) is 62.4 Å². The second-order valence-corrected chi connectivity index (χ2v) is 7.74. The van der Waals surface area contributed by atoms with Crippen molar-refractivity contribution >= 4 is 17.4 Å². The Kier molecular flexibility index (Phi) is 5.56. The van der Waals surface area contributed by atoms with Crippen molar-refractivity contribution < 1.29 is 4.79 Å². The van der Waals surface area contributed by atoms with E-state index in [9.17, 15) is 4.79 Å². The Balaban J connectivity index is 1.50. The maximum atomic E-state index is 12.6. The molecule has 148 valence electrons. The van der Waals surface area contributed by atoms with E-state index in [2.05, 4.69) is 26.5 Å². The van der Waals surface area contributed by atoms with Crippen LogP contribution in [0.15, 0.2) is 54.6 Å². The number of hydrogen-bond acceptors (Lipinski definition) is 4. The van der Waals surface area contributed by atoms with E-state index >= 15 is 0 Å². The van der Waals surface area contributed by atoms with Crippen molar-refractivity contribution in [3.8, 4) is 11.3 Å². The van der Waals surface area contributed by atoms with Crippen LogP contribution >= 0.6 is 0 Å². The summed E-state index contributed by atoms with van der Waals surface area (Å²) < 4.78 is 0. The fourth-order valence-electron chi connectivity index (χ4n) is 3.84. The van der Waals surface area contributed by atoms with Gasteiger partial charge in [-0.25, -0.2) is 0 Å². The van der Waals surface area contributed by atoms with Gasteiger partial charge < -0.3 is 10.2 Å². The molecule has 5 nitrogen and oxygen atoms in total. The van der Waals surface area contributed by atoms with Gasteiger partial charge in [0.1, 0.15) is 0 Å². The van der Waals surface area contributed by atoms with Crippen LogP contribution < -0.4 is 10.2 Å². The minimum absolute atomic E-state index is 0.111. The molecule has 1 saturated heterocycles. The molecule has 0 radical (unpaired) electrons. The molecule has 2 aromatic carbocycles. The monoisotopic (exact) mass is 386 g/mol. The van der Waals surface area contributed by atoms with E-state index in [-0.39, 0.29) is 5.91 Å². The maximum Gasteiger partial charge on any atom is 0.255 e. The summed E-state index contributed by atoms with van der Waals surface area (Å²) in [6, 6.07) is 17.6. The van der Waals surface area contributed by atoms with E-state index in [4.69, 9.17) is 0 Å². The van der Waals surface area contributed by atoms with Gasteiger partial charge in [-0.3, -0.25) is 4.79 Å². The van der Waals surface area contributed by atoms with Gasteiger partial charge in [0.15, 0.2) is 5.82 Å². The summed E-state index contributed by atoms with van der Waals surface area (Å²) >= 11 is 0. The molecular weight excluding hydrogens is 360 g/mol. The average Bonchev–Trinajstić information content (AvgIpc) is 2.74. The molecule has 0 saturated carbocycles. The number of anilines is 2. The quantitative estimate of drug-likeness (QED) is 0.685. The normalized spacial score (nSPS) is 13.9. The summed E-state index contributed by atoms with van der Waals surface area (Å²) in [5.41, 5.74) is 5.29. The van der Waals surface area contributed by atoms with Gasteiger partial charge in [0.2, 0.25) is 0 Å². The number of hydrogen-bond donors (Lipinski definition) is 1. The number of aromatic nitrogens is 2. The van der Waals surface area contributed by atoms with Gasteiger partial charge in [-0.1, -0.05) is 29.3 Å². The lowest BCUT2D eigenvalue weighted by atomic mass is 10.1. The standard InChI is InChI=1S/C24H26N4O/c1-17-13-18(2)15-20(14-17)24(29)25-21-8-6-7-19(16-21)22-9-10-23(27-26-22)28-11-4-3-5-12-28/h6-10,13-16H,3-5,11-12H2,1-2H3,(H,25,29). The summed E-state index contributed by atoms with van der Waals surface area (Å²) in [6.45, 7) is 6.09. The predicted octanol–water partition coefficient (Wildman–Crippen LogP) is 5.00. The van der Waals surface area contributed by atoms with Crippen LogP contribution in [0.3, 0.4) is 0 Å². The summed E-state index contributed by atoms with van der Waals surface area (Å²) in [5, 5.41) is 11.8. The molecule has 29 heavy (non-hydrogen) atoms. The lowest BCUT2D eigenvalue weighted by Gasteiger charge is -2.27. The zero-order valence-corrected chi connectivity index (χ0v) is 17.0. The van der Waals surface area contributed by atoms with E-state index in [1.54, 1.807) is 0 Å². The Labute approximate surface area is 171 Å². The third kappa shape index (κ3) is 4.62. The Bertz CT molecular complexity index is 987. The summed E-state index contributed by atoms with van der Waals surface area (Å²) in [5.74, 6) is 0.827. The molecule has 0 unspecified atom stereocenters. The molecule has 3 aromatic rings. The van der Waals surface area contributed by atoms with Gasteiger partial charge in [-0.2, -0.15) is 0 Å². The molecule has 5 heteroatoms. The largest absolute Gasteiger partial charge is 0.355 e. The zero-order chi connectivity index (χ0) is 20.2. The van der Waals surface area contributed by atoms with Crippen LogP contribution in [0.2, 0.25) is 0 Å². The average molecular weight is 386 g/mol. The SMILES string of the molecule is Cc1cc(C)cc(C(=O)Nc2cccc(-c3ccc(N4CCCCC4)nn3)c2)c1. The third-order valence-corrected chi connectivity index (χ3v) is 5.23. The van der Waals surface area contributed by atoms with Crippen molar-refractivity contribution in [1.82, 2.24) is 10.2 Å². The van der Waals surface area contributed by atoms with Crippen LogP contribution in [0.5, 0.6) is 0 Å². The number of benzene rings is 2. The van der Waals surface area contributed by atoms with E-state index < -0.39 is 0 Å². The van der Waals surface area contributed by atoms with E-state index in [1.165, 1.54) is 19.3 Å². The molecule has 0 aliphatic carbocycles. The Morgan fingerprint density at radius 1 is 0.897 bits per heavy atom. The summed E-state index contributed by atoms with van der Waals surface area (Å²) in [6.07, 6.45) is 3.72. The number of carbonyl (C=O) groups is 1. The smallest absolute Gasteiger partial charge is 0.255 e. The number of nitrogens with zero attached hydrogens (tertiary/aromatic N) is 3. The molecule has 0 spiro atoms. The minimum atomic E-state index is -0.111. The van der Waals surface area contributed by atoms with Gasteiger partial charge >= 0.3 is 0 Å². The third-order valence-electron chi connectivity index (χ3n) is 5.23. The van der Waals surface area contributed by atoms with Crippen LogP contribution in [0.4, 0.5) is 11.5 Å². The van der Waals surface area contributed by atoms with Crippen molar-refractivity contribution in [1.29, 1.82) is 0 Å². The lowest BCUT2D eigenvalue weighted by molar-refractivity contribution is 0.102.